The maximum Gasteiger partial charge on any atom is 0.311 e. The van der Waals surface area contributed by atoms with Crippen LogP contribution in [-0.4, -0.2) is 41.7 Å². The number of likely N-dealkylation sites (tertiary alicyclic amines) is 1. The molecule has 2 aromatic rings. The van der Waals surface area contributed by atoms with E-state index < -0.39 is 30.3 Å². The van der Waals surface area contributed by atoms with Gasteiger partial charge in [0, 0.05) is 23.6 Å². The number of nitrogens with one attached hydrogen (secondary N) is 2. The lowest BCUT2D eigenvalue weighted by molar-refractivity contribution is -0.152. The number of rotatable bonds is 6. The lowest BCUT2D eigenvalue weighted by Gasteiger charge is -2.25. The lowest BCUT2D eigenvalue weighted by Crippen LogP contribution is -2.43. The Labute approximate surface area is 184 Å². The average Bonchev–Trinajstić information content (AvgIpc) is 3.18. The molecule has 2 aromatic carbocycles. The van der Waals surface area contributed by atoms with Crippen LogP contribution in [-0.2, 0) is 19.1 Å². The van der Waals surface area contributed by atoms with Crippen molar-refractivity contribution >= 4 is 35.3 Å². The summed E-state index contributed by atoms with van der Waals surface area (Å²) in [6, 6.07) is 15.5. The Balaban J connectivity index is 1.44. The number of hydrazine groups is 1. The molecule has 31 heavy (non-hydrogen) atoms. The molecule has 3 amide bonds. The van der Waals surface area contributed by atoms with E-state index in [1.54, 1.807) is 17.0 Å². The Kier molecular flexibility index (Phi) is 7.25. The molecule has 8 nitrogen and oxygen atoms in total. The second-order valence-electron chi connectivity index (χ2n) is 7.15. The molecule has 0 aromatic heterocycles. The highest BCUT2D eigenvalue weighted by molar-refractivity contribution is 6.30. The van der Waals surface area contributed by atoms with Crippen molar-refractivity contribution in [2.24, 2.45) is 5.92 Å². The number of esters is 1. The van der Waals surface area contributed by atoms with E-state index in [-0.39, 0.29) is 24.9 Å². The summed E-state index contributed by atoms with van der Waals surface area (Å²) in [7, 11) is 0. The van der Waals surface area contributed by atoms with Crippen molar-refractivity contribution in [2.75, 3.05) is 13.2 Å². The molecule has 3 rings (SSSR count). The molecule has 0 radical (unpaired) electrons. The zero-order chi connectivity index (χ0) is 22.4. The van der Waals surface area contributed by atoms with Crippen molar-refractivity contribution in [2.45, 2.75) is 19.4 Å². The van der Waals surface area contributed by atoms with Crippen LogP contribution in [0.3, 0.4) is 0 Å². The lowest BCUT2D eigenvalue weighted by atomic mass is 10.1. The SMILES string of the molecule is C[C@H](c1ccccc1)N1C[C@@H](C(=O)OCC(=O)NNC(=O)c2ccc(Cl)cc2)CC1=O. The van der Waals surface area contributed by atoms with Gasteiger partial charge >= 0.3 is 5.97 Å². The molecule has 2 atom stereocenters. The van der Waals surface area contributed by atoms with Gasteiger partial charge in [0.1, 0.15) is 0 Å². The van der Waals surface area contributed by atoms with Crippen molar-refractivity contribution in [3.8, 4) is 0 Å². The van der Waals surface area contributed by atoms with Gasteiger partial charge in [-0.05, 0) is 36.8 Å². The van der Waals surface area contributed by atoms with Crippen LogP contribution in [0, 0.1) is 5.92 Å². The quantitative estimate of drug-likeness (QED) is 0.526. The van der Waals surface area contributed by atoms with Crippen LogP contribution in [0.2, 0.25) is 5.02 Å². The molecule has 1 aliphatic heterocycles. The molecular formula is C22H22ClN3O5. The second-order valence-corrected chi connectivity index (χ2v) is 7.59. The highest BCUT2D eigenvalue weighted by Crippen LogP contribution is 2.28. The highest BCUT2D eigenvalue weighted by atomic mass is 35.5. The van der Waals surface area contributed by atoms with Crippen LogP contribution in [0.1, 0.15) is 35.3 Å². The van der Waals surface area contributed by atoms with Crippen molar-refractivity contribution in [3.63, 3.8) is 0 Å². The van der Waals surface area contributed by atoms with E-state index in [9.17, 15) is 19.2 Å². The first-order valence-corrected chi connectivity index (χ1v) is 10.1. The fourth-order valence-electron chi connectivity index (χ4n) is 3.27. The number of amides is 3. The maximum absolute atomic E-state index is 12.4. The monoisotopic (exact) mass is 443 g/mol. The molecule has 0 aliphatic carbocycles. The van der Waals surface area contributed by atoms with Gasteiger partial charge < -0.3 is 9.64 Å². The molecule has 0 bridgehead atoms. The Morgan fingerprint density at radius 3 is 2.45 bits per heavy atom. The zero-order valence-electron chi connectivity index (χ0n) is 16.8. The number of halogens is 1. The average molecular weight is 444 g/mol. The second kappa shape index (κ2) is 10.1. The van der Waals surface area contributed by atoms with Crippen molar-refractivity contribution in [1.29, 1.82) is 0 Å². The summed E-state index contributed by atoms with van der Waals surface area (Å²) in [6.07, 6.45) is 0.0327. The van der Waals surface area contributed by atoms with Crippen LogP contribution in [0.5, 0.6) is 0 Å². The smallest absolute Gasteiger partial charge is 0.311 e. The standard InChI is InChI=1S/C22H22ClN3O5/c1-14(15-5-3-2-4-6-15)26-12-17(11-20(26)28)22(30)31-13-19(27)24-25-21(29)16-7-9-18(23)10-8-16/h2-10,14,17H,11-13H2,1H3,(H,24,27)(H,25,29)/t14-,17+/m1/s1. The van der Waals surface area contributed by atoms with Gasteiger partial charge in [-0.15, -0.1) is 0 Å². The predicted molar refractivity (Wildman–Crippen MR) is 113 cm³/mol. The van der Waals surface area contributed by atoms with Gasteiger partial charge in [-0.3, -0.25) is 30.0 Å². The zero-order valence-corrected chi connectivity index (χ0v) is 17.6. The van der Waals surface area contributed by atoms with E-state index in [0.29, 0.717) is 10.6 Å². The summed E-state index contributed by atoms with van der Waals surface area (Å²) in [6.45, 7) is 1.55. The molecule has 1 aliphatic rings. The number of ether oxygens (including phenoxy) is 1. The molecule has 0 saturated carbocycles. The topological polar surface area (TPSA) is 105 Å². The number of hydrogen-bond donors (Lipinski definition) is 2. The van der Waals surface area contributed by atoms with Crippen molar-refractivity contribution < 1.29 is 23.9 Å². The molecule has 1 heterocycles. The van der Waals surface area contributed by atoms with Crippen LogP contribution in [0.15, 0.2) is 54.6 Å². The summed E-state index contributed by atoms with van der Waals surface area (Å²) in [5.41, 5.74) is 5.67. The number of hydrogen-bond acceptors (Lipinski definition) is 5. The van der Waals surface area contributed by atoms with Gasteiger partial charge in [-0.25, -0.2) is 0 Å². The third kappa shape index (κ3) is 5.82. The van der Waals surface area contributed by atoms with Crippen molar-refractivity contribution in [3.05, 3.63) is 70.7 Å². The fourth-order valence-corrected chi connectivity index (χ4v) is 3.39. The molecule has 2 N–H and O–H groups in total. The number of nitrogens with zero attached hydrogens (tertiary/aromatic N) is 1. The maximum atomic E-state index is 12.4. The van der Waals surface area contributed by atoms with E-state index in [0.717, 1.165) is 5.56 Å². The van der Waals surface area contributed by atoms with Gasteiger partial charge in [-0.1, -0.05) is 41.9 Å². The Morgan fingerprint density at radius 2 is 1.77 bits per heavy atom. The summed E-state index contributed by atoms with van der Waals surface area (Å²) in [5.74, 6) is -2.65. The summed E-state index contributed by atoms with van der Waals surface area (Å²) < 4.78 is 5.02. The molecule has 1 saturated heterocycles. The van der Waals surface area contributed by atoms with E-state index in [1.165, 1.54) is 12.1 Å². The van der Waals surface area contributed by atoms with Gasteiger partial charge in [-0.2, -0.15) is 0 Å². The summed E-state index contributed by atoms with van der Waals surface area (Å²) in [4.78, 5) is 50.1. The largest absolute Gasteiger partial charge is 0.455 e. The minimum Gasteiger partial charge on any atom is -0.455 e. The van der Waals surface area contributed by atoms with E-state index >= 15 is 0 Å². The van der Waals surface area contributed by atoms with E-state index in [4.69, 9.17) is 16.3 Å². The van der Waals surface area contributed by atoms with Crippen LogP contribution in [0.25, 0.3) is 0 Å². The minimum absolute atomic E-state index is 0.0327. The summed E-state index contributed by atoms with van der Waals surface area (Å²) in [5, 5.41) is 0.481. The Bertz CT molecular complexity index is 965. The van der Waals surface area contributed by atoms with E-state index in [2.05, 4.69) is 10.9 Å². The van der Waals surface area contributed by atoms with Gasteiger partial charge in [0.25, 0.3) is 11.8 Å². The van der Waals surface area contributed by atoms with Crippen molar-refractivity contribution in [1.82, 2.24) is 15.8 Å². The molecule has 9 heteroatoms. The third-order valence-electron chi connectivity index (χ3n) is 5.01. The van der Waals surface area contributed by atoms with Gasteiger partial charge in [0.15, 0.2) is 6.61 Å². The first kappa shape index (κ1) is 22.3. The molecular weight excluding hydrogens is 422 g/mol. The first-order valence-electron chi connectivity index (χ1n) is 9.71. The van der Waals surface area contributed by atoms with Crippen LogP contribution < -0.4 is 10.9 Å². The molecule has 1 fully saturated rings. The van der Waals surface area contributed by atoms with E-state index in [1.807, 2.05) is 37.3 Å². The fraction of sp³-hybridized carbons (Fsp3) is 0.273. The minimum atomic E-state index is -0.700. The number of carbonyl (C=O) groups excluding carboxylic acids is 4. The highest BCUT2D eigenvalue weighted by Gasteiger charge is 2.38. The molecule has 0 unspecified atom stereocenters. The molecule has 0 spiro atoms. The predicted octanol–water partition coefficient (Wildman–Crippen LogP) is 2.25. The number of benzene rings is 2. The summed E-state index contributed by atoms with van der Waals surface area (Å²) >= 11 is 5.76. The van der Waals surface area contributed by atoms with Crippen LogP contribution in [0.4, 0.5) is 0 Å². The third-order valence-corrected chi connectivity index (χ3v) is 5.26. The molecule has 162 valence electrons. The first-order chi connectivity index (χ1) is 14.8. The normalized spacial score (nSPS) is 16.5. The Morgan fingerprint density at radius 1 is 1.10 bits per heavy atom. The van der Waals surface area contributed by atoms with Gasteiger partial charge in [0.2, 0.25) is 5.91 Å². The number of carbonyl (C=O) groups is 4. The Hall–Kier alpha value is -3.39. The van der Waals surface area contributed by atoms with Gasteiger partial charge in [0.05, 0.1) is 12.0 Å². The van der Waals surface area contributed by atoms with Crippen LogP contribution >= 0.6 is 11.6 Å².